The number of amides is 1. The lowest BCUT2D eigenvalue weighted by Gasteiger charge is -2.20. The molecule has 1 aromatic heterocycles. The number of esters is 1. The van der Waals surface area contributed by atoms with Gasteiger partial charge in [-0.05, 0) is 31.9 Å². The van der Waals surface area contributed by atoms with Crippen molar-refractivity contribution in [2.45, 2.75) is 32.4 Å². The lowest BCUT2D eigenvalue weighted by molar-refractivity contribution is -0.132. The van der Waals surface area contributed by atoms with E-state index in [0.29, 0.717) is 12.2 Å². The second kappa shape index (κ2) is 6.56. The van der Waals surface area contributed by atoms with Crippen LogP contribution in [0.3, 0.4) is 0 Å². The fourth-order valence-corrected chi connectivity index (χ4v) is 2.33. The molecule has 2 N–H and O–H groups in total. The number of nitrogens with one attached hydrogen (secondary N) is 2. The Hall–Kier alpha value is -1.82. The van der Waals surface area contributed by atoms with Gasteiger partial charge in [0.05, 0.1) is 13.2 Å². The van der Waals surface area contributed by atoms with Crippen LogP contribution < -0.4 is 5.32 Å². The number of carbonyl (C=O) groups excluding carboxylic acids is 2. The third-order valence-corrected chi connectivity index (χ3v) is 3.54. The summed E-state index contributed by atoms with van der Waals surface area (Å²) in [7, 11) is 1.35. The number of rotatable bonds is 5. The molecule has 1 aromatic rings. The van der Waals surface area contributed by atoms with Gasteiger partial charge in [0.15, 0.2) is 0 Å². The van der Waals surface area contributed by atoms with Crippen molar-refractivity contribution in [3.8, 4) is 0 Å². The number of H-pyrrole nitrogens is 1. The zero-order valence-electron chi connectivity index (χ0n) is 11.9. The van der Waals surface area contributed by atoms with E-state index >= 15 is 0 Å². The summed E-state index contributed by atoms with van der Waals surface area (Å²) in [6.07, 6.45) is 2.19. The van der Waals surface area contributed by atoms with Crippen LogP contribution in [0.1, 0.15) is 35.9 Å². The standard InChI is InChI=1S/C14H21N3O3/c1-10(13(18)17-7-3-4-8-17)15-9-11-5-6-12(16-11)14(19)20-2/h5-6,10,15-16H,3-4,7-9H2,1-2H3. The van der Waals surface area contributed by atoms with Crippen LogP contribution in [0.4, 0.5) is 0 Å². The topological polar surface area (TPSA) is 74.4 Å². The SMILES string of the molecule is COC(=O)c1ccc(CNC(C)C(=O)N2CCCC2)[nH]1. The predicted molar refractivity (Wildman–Crippen MR) is 74.2 cm³/mol. The number of nitrogens with zero attached hydrogens (tertiary/aromatic N) is 1. The summed E-state index contributed by atoms with van der Waals surface area (Å²) in [5.74, 6) is -0.250. The van der Waals surface area contributed by atoms with E-state index in [4.69, 9.17) is 0 Å². The molecule has 20 heavy (non-hydrogen) atoms. The summed E-state index contributed by atoms with van der Waals surface area (Å²) in [5.41, 5.74) is 1.27. The molecule has 0 aromatic carbocycles. The van der Waals surface area contributed by atoms with E-state index in [1.54, 1.807) is 6.07 Å². The average Bonchev–Trinajstić information content (AvgIpc) is 3.13. The number of methoxy groups -OCH3 is 1. The molecule has 0 aliphatic carbocycles. The van der Waals surface area contributed by atoms with Crippen LogP contribution in [0, 0.1) is 0 Å². The number of ether oxygens (including phenoxy) is 1. The molecule has 1 amide bonds. The Balaban J connectivity index is 1.83. The van der Waals surface area contributed by atoms with E-state index in [0.717, 1.165) is 31.6 Å². The van der Waals surface area contributed by atoms with Gasteiger partial charge in [-0.2, -0.15) is 0 Å². The third kappa shape index (κ3) is 3.39. The third-order valence-electron chi connectivity index (χ3n) is 3.54. The molecule has 6 heteroatoms. The number of aromatic nitrogens is 1. The van der Waals surface area contributed by atoms with Crippen molar-refractivity contribution >= 4 is 11.9 Å². The van der Waals surface area contributed by atoms with Gasteiger partial charge in [0.1, 0.15) is 5.69 Å². The Bertz CT molecular complexity index is 478. The molecule has 1 fully saturated rings. The summed E-state index contributed by atoms with van der Waals surface area (Å²) in [4.78, 5) is 28.3. The van der Waals surface area contributed by atoms with E-state index in [1.807, 2.05) is 17.9 Å². The smallest absolute Gasteiger partial charge is 0.354 e. The van der Waals surface area contributed by atoms with Gasteiger partial charge in [0.25, 0.3) is 0 Å². The molecular weight excluding hydrogens is 258 g/mol. The summed E-state index contributed by atoms with van der Waals surface area (Å²) in [5, 5.41) is 3.17. The monoisotopic (exact) mass is 279 g/mol. The van der Waals surface area contributed by atoms with E-state index < -0.39 is 5.97 Å². The minimum absolute atomic E-state index is 0.141. The first-order valence-corrected chi connectivity index (χ1v) is 6.90. The maximum atomic E-state index is 12.1. The number of aromatic amines is 1. The van der Waals surface area contributed by atoms with Crippen LogP contribution in [0.15, 0.2) is 12.1 Å². The van der Waals surface area contributed by atoms with Gasteiger partial charge in [-0.1, -0.05) is 0 Å². The van der Waals surface area contributed by atoms with Crippen LogP contribution in [0.2, 0.25) is 0 Å². The molecule has 0 radical (unpaired) electrons. The summed E-state index contributed by atoms with van der Waals surface area (Å²) >= 11 is 0. The number of carbonyl (C=O) groups is 2. The molecule has 1 atom stereocenters. The molecule has 1 unspecified atom stereocenters. The Morgan fingerprint density at radius 2 is 2.10 bits per heavy atom. The number of hydrogen-bond acceptors (Lipinski definition) is 4. The summed E-state index contributed by atoms with van der Waals surface area (Å²) < 4.78 is 4.63. The maximum absolute atomic E-state index is 12.1. The highest BCUT2D eigenvalue weighted by Crippen LogP contribution is 2.09. The number of hydrogen-bond donors (Lipinski definition) is 2. The lowest BCUT2D eigenvalue weighted by atomic mass is 10.3. The molecular formula is C14H21N3O3. The van der Waals surface area contributed by atoms with Crippen molar-refractivity contribution in [3.05, 3.63) is 23.5 Å². The van der Waals surface area contributed by atoms with Crippen molar-refractivity contribution in [3.63, 3.8) is 0 Å². The zero-order chi connectivity index (χ0) is 14.5. The first kappa shape index (κ1) is 14.6. The van der Waals surface area contributed by atoms with Crippen molar-refractivity contribution in [1.29, 1.82) is 0 Å². The lowest BCUT2D eigenvalue weighted by Crippen LogP contribution is -2.43. The molecule has 0 saturated carbocycles. The molecule has 110 valence electrons. The zero-order valence-corrected chi connectivity index (χ0v) is 11.9. The van der Waals surface area contributed by atoms with Crippen molar-refractivity contribution in [1.82, 2.24) is 15.2 Å². The molecule has 2 heterocycles. The number of likely N-dealkylation sites (tertiary alicyclic amines) is 1. The molecule has 0 spiro atoms. The Labute approximate surface area is 118 Å². The summed E-state index contributed by atoms with van der Waals surface area (Å²) in [6, 6.07) is 3.26. The first-order valence-electron chi connectivity index (χ1n) is 6.90. The average molecular weight is 279 g/mol. The molecule has 1 saturated heterocycles. The Morgan fingerprint density at radius 3 is 2.75 bits per heavy atom. The fraction of sp³-hybridized carbons (Fsp3) is 0.571. The normalized spacial score (nSPS) is 16.2. The largest absolute Gasteiger partial charge is 0.464 e. The van der Waals surface area contributed by atoms with Gasteiger partial charge < -0.3 is 19.9 Å². The van der Waals surface area contributed by atoms with Gasteiger partial charge in [-0.15, -0.1) is 0 Å². The minimum Gasteiger partial charge on any atom is -0.464 e. The van der Waals surface area contributed by atoms with Crippen LogP contribution in [0.25, 0.3) is 0 Å². The molecule has 0 bridgehead atoms. The molecule has 2 rings (SSSR count). The van der Waals surface area contributed by atoms with Crippen molar-refractivity contribution in [2.24, 2.45) is 0 Å². The van der Waals surface area contributed by atoms with E-state index in [1.165, 1.54) is 7.11 Å². The molecule has 1 aliphatic rings. The molecule has 6 nitrogen and oxygen atoms in total. The fourth-order valence-electron chi connectivity index (χ4n) is 2.33. The van der Waals surface area contributed by atoms with Gasteiger partial charge in [-0.3, -0.25) is 4.79 Å². The highest BCUT2D eigenvalue weighted by molar-refractivity contribution is 5.87. The minimum atomic E-state index is -0.391. The van der Waals surface area contributed by atoms with Crippen LogP contribution in [-0.2, 0) is 16.1 Å². The summed E-state index contributed by atoms with van der Waals surface area (Å²) in [6.45, 7) is 4.10. The highest BCUT2D eigenvalue weighted by atomic mass is 16.5. The Morgan fingerprint density at radius 1 is 1.40 bits per heavy atom. The van der Waals surface area contributed by atoms with E-state index in [9.17, 15) is 9.59 Å². The molecule has 1 aliphatic heterocycles. The van der Waals surface area contributed by atoms with Gasteiger partial charge >= 0.3 is 5.97 Å². The van der Waals surface area contributed by atoms with Gasteiger partial charge in [0, 0.05) is 25.3 Å². The first-order chi connectivity index (χ1) is 9.61. The van der Waals surface area contributed by atoms with Crippen LogP contribution in [-0.4, -0.2) is 48.0 Å². The predicted octanol–water partition coefficient (Wildman–Crippen LogP) is 0.902. The maximum Gasteiger partial charge on any atom is 0.354 e. The second-order valence-electron chi connectivity index (χ2n) is 5.02. The highest BCUT2D eigenvalue weighted by Gasteiger charge is 2.22. The van der Waals surface area contributed by atoms with Crippen molar-refractivity contribution in [2.75, 3.05) is 20.2 Å². The Kier molecular flexibility index (Phi) is 4.79. The van der Waals surface area contributed by atoms with Crippen LogP contribution >= 0.6 is 0 Å². The van der Waals surface area contributed by atoms with E-state index in [2.05, 4.69) is 15.0 Å². The quantitative estimate of drug-likeness (QED) is 0.785. The van der Waals surface area contributed by atoms with E-state index in [-0.39, 0.29) is 11.9 Å². The van der Waals surface area contributed by atoms with Crippen molar-refractivity contribution < 1.29 is 14.3 Å². The second-order valence-corrected chi connectivity index (χ2v) is 5.02. The van der Waals surface area contributed by atoms with Gasteiger partial charge in [0.2, 0.25) is 5.91 Å². The van der Waals surface area contributed by atoms with Crippen LogP contribution in [0.5, 0.6) is 0 Å². The van der Waals surface area contributed by atoms with Gasteiger partial charge in [-0.25, -0.2) is 4.79 Å².